The number of hydrogen-bond donors (Lipinski definition) is 2. The lowest BCUT2D eigenvalue weighted by atomic mass is 10.1. The molecule has 0 bridgehead atoms. The molecule has 5 nitrogen and oxygen atoms in total. The maximum atomic E-state index is 12.7. The predicted molar refractivity (Wildman–Crippen MR) is 94.6 cm³/mol. The van der Waals surface area contributed by atoms with Gasteiger partial charge in [0, 0.05) is 25.0 Å². The molecule has 0 aliphatic heterocycles. The molecule has 23 heavy (non-hydrogen) atoms. The fourth-order valence-corrected chi connectivity index (χ4v) is 2.56. The molecule has 1 heterocycles. The van der Waals surface area contributed by atoms with Crippen molar-refractivity contribution in [1.82, 2.24) is 9.88 Å². The average molecular weight is 315 g/mol. The Balaban J connectivity index is 2.61. The Morgan fingerprint density at radius 2 is 1.91 bits per heavy atom. The van der Waals surface area contributed by atoms with Crippen LogP contribution < -0.4 is 16.5 Å². The highest BCUT2D eigenvalue weighted by Gasteiger charge is 2.17. The highest BCUT2D eigenvalue weighted by molar-refractivity contribution is 6.00. The minimum absolute atomic E-state index is 0.150. The summed E-state index contributed by atoms with van der Waals surface area (Å²) >= 11 is 0. The van der Waals surface area contributed by atoms with Gasteiger partial charge in [-0.05, 0) is 24.0 Å². The van der Waals surface area contributed by atoms with Crippen molar-refractivity contribution >= 4 is 22.5 Å². The Kier molecular flexibility index (Phi) is 5.08. The highest BCUT2D eigenvalue weighted by Crippen LogP contribution is 2.19. The minimum Gasteiger partial charge on any atom is -0.398 e. The predicted octanol–water partition coefficient (Wildman–Crippen LogP) is 2.63. The normalized spacial score (nSPS) is 11.4. The number of nitrogens with one attached hydrogen (secondary N) is 1. The zero-order valence-electron chi connectivity index (χ0n) is 14.2. The Bertz CT molecular complexity index is 776. The van der Waals surface area contributed by atoms with E-state index in [2.05, 4.69) is 19.2 Å². The Morgan fingerprint density at radius 1 is 1.22 bits per heavy atom. The second kappa shape index (κ2) is 6.86. The van der Waals surface area contributed by atoms with Crippen LogP contribution in [0.1, 0.15) is 38.1 Å². The van der Waals surface area contributed by atoms with Crippen LogP contribution in [0.3, 0.4) is 0 Å². The third-order valence-electron chi connectivity index (χ3n) is 3.62. The molecule has 124 valence electrons. The molecular formula is C18H25N3O2. The molecule has 2 aromatic rings. The zero-order chi connectivity index (χ0) is 17.1. The number of amides is 1. The number of anilines is 1. The molecule has 3 N–H and O–H groups in total. The maximum absolute atomic E-state index is 12.7. The second-order valence-corrected chi connectivity index (χ2v) is 6.76. The SMILES string of the molecule is CC(C)CNC(=O)c1cn(CC(C)C)c2cccc(N)c2c1=O. The number of rotatable bonds is 5. The first-order valence-electron chi connectivity index (χ1n) is 8.01. The molecule has 0 saturated carbocycles. The quantitative estimate of drug-likeness (QED) is 0.833. The van der Waals surface area contributed by atoms with E-state index < -0.39 is 0 Å². The van der Waals surface area contributed by atoms with E-state index in [9.17, 15) is 9.59 Å². The molecule has 5 heteroatoms. The Labute approximate surface area is 136 Å². The third-order valence-corrected chi connectivity index (χ3v) is 3.62. The van der Waals surface area contributed by atoms with E-state index in [1.807, 2.05) is 30.5 Å². The lowest BCUT2D eigenvalue weighted by Gasteiger charge is -2.16. The Hall–Kier alpha value is -2.30. The van der Waals surface area contributed by atoms with Crippen LogP contribution in [0.4, 0.5) is 5.69 Å². The number of hydrogen-bond acceptors (Lipinski definition) is 3. The molecule has 1 aromatic carbocycles. The molecule has 0 aliphatic rings. The van der Waals surface area contributed by atoms with Crippen molar-refractivity contribution in [1.29, 1.82) is 0 Å². The minimum atomic E-state index is -0.341. The van der Waals surface area contributed by atoms with Gasteiger partial charge in [0.25, 0.3) is 5.91 Å². The molecule has 1 aromatic heterocycles. The summed E-state index contributed by atoms with van der Waals surface area (Å²) < 4.78 is 1.95. The number of nitrogens with zero attached hydrogens (tertiary/aromatic N) is 1. The number of fused-ring (bicyclic) bond motifs is 1. The van der Waals surface area contributed by atoms with Crippen LogP contribution in [0.5, 0.6) is 0 Å². The van der Waals surface area contributed by atoms with Gasteiger partial charge >= 0.3 is 0 Å². The molecule has 0 fully saturated rings. The largest absolute Gasteiger partial charge is 0.398 e. The molecule has 0 spiro atoms. The number of aromatic nitrogens is 1. The molecule has 0 atom stereocenters. The van der Waals surface area contributed by atoms with Crippen molar-refractivity contribution < 1.29 is 4.79 Å². The van der Waals surface area contributed by atoms with E-state index >= 15 is 0 Å². The Morgan fingerprint density at radius 3 is 2.52 bits per heavy atom. The fraction of sp³-hybridized carbons (Fsp3) is 0.444. The summed E-state index contributed by atoms with van der Waals surface area (Å²) in [7, 11) is 0. The number of carbonyl (C=O) groups excluding carboxylic acids is 1. The van der Waals surface area contributed by atoms with E-state index in [1.165, 1.54) is 0 Å². The first kappa shape index (κ1) is 17.1. The van der Waals surface area contributed by atoms with Crippen LogP contribution in [0.15, 0.2) is 29.2 Å². The van der Waals surface area contributed by atoms with Crippen LogP contribution in [0, 0.1) is 11.8 Å². The first-order valence-corrected chi connectivity index (χ1v) is 8.01. The van der Waals surface area contributed by atoms with Gasteiger partial charge in [0.05, 0.1) is 10.9 Å². The summed E-state index contributed by atoms with van der Waals surface area (Å²) in [5, 5.41) is 3.23. The van der Waals surface area contributed by atoms with Crippen molar-refractivity contribution in [2.75, 3.05) is 12.3 Å². The standard InChI is InChI=1S/C18H25N3O2/c1-11(2)8-20-18(23)13-10-21(9-12(3)4)15-7-5-6-14(19)16(15)17(13)22/h5-7,10-12H,8-9,19H2,1-4H3,(H,20,23). The number of pyridine rings is 1. The molecule has 0 saturated heterocycles. The highest BCUT2D eigenvalue weighted by atomic mass is 16.2. The van der Waals surface area contributed by atoms with Gasteiger partial charge in [0.15, 0.2) is 0 Å². The molecule has 0 unspecified atom stereocenters. The van der Waals surface area contributed by atoms with Gasteiger partial charge in [-0.25, -0.2) is 0 Å². The van der Waals surface area contributed by atoms with Crippen molar-refractivity contribution in [3.8, 4) is 0 Å². The summed E-state index contributed by atoms with van der Waals surface area (Å²) in [5.41, 5.74) is 7.02. The van der Waals surface area contributed by atoms with E-state index in [4.69, 9.17) is 5.73 Å². The van der Waals surface area contributed by atoms with Gasteiger partial charge < -0.3 is 15.6 Å². The molecule has 0 radical (unpaired) electrons. The fourth-order valence-electron chi connectivity index (χ4n) is 2.56. The molecule has 0 aliphatic carbocycles. The molecule has 2 rings (SSSR count). The summed E-state index contributed by atoms with van der Waals surface area (Å²) in [4.78, 5) is 25.1. The van der Waals surface area contributed by atoms with Crippen LogP contribution in [0.25, 0.3) is 10.9 Å². The van der Waals surface area contributed by atoms with Gasteiger partial charge in [-0.1, -0.05) is 33.8 Å². The third kappa shape index (κ3) is 3.73. The van der Waals surface area contributed by atoms with E-state index in [-0.39, 0.29) is 16.9 Å². The lowest BCUT2D eigenvalue weighted by molar-refractivity contribution is 0.0947. The van der Waals surface area contributed by atoms with Gasteiger partial charge in [-0.15, -0.1) is 0 Å². The van der Waals surface area contributed by atoms with Crippen LogP contribution in [-0.4, -0.2) is 17.0 Å². The molecule has 1 amide bonds. The summed E-state index contributed by atoms with van der Waals surface area (Å²) in [6.45, 7) is 9.45. The average Bonchev–Trinajstić information content (AvgIpc) is 2.47. The monoisotopic (exact) mass is 315 g/mol. The van der Waals surface area contributed by atoms with E-state index in [0.29, 0.717) is 36.0 Å². The topological polar surface area (TPSA) is 77.1 Å². The number of carbonyl (C=O) groups is 1. The van der Waals surface area contributed by atoms with Crippen molar-refractivity contribution in [3.05, 3.63) is 40.2 Å². The smallest absolute Gasteiger partial charge is 0.256 e. The maximum Gasteiger partial charge on any atom is 0.256 e. The molecular weight excluding hydrogens is 290 g/mol. The van der Waals surface area contributed by atoms with Crippen molar-refractivity contribution in [2.45, 2.75) is 34.2 Å². The number of nitrogens with two attached hydrogens (primary N) is 1. The van der Waals surface area contributed by atoms with Crippen molar-refractivity contribution in [2.24, 2.45) is 11.8 Å². The summed E-state index contributed by atoms with van der Waals surface area (Å²) in [6.07, 6.45) is 1.65. The van der Waals surface area contributed by atoms with Crippen LogP contribution >= 0.6 is 0 Å². The first-order chi connectivity index (χ1) is 10.8. The number of nitrogen functional groups attached to an aromatic ring is 1. The van der Waals surface area contributed by atoms with E-state index in [0.717, 1.165) is 5.52 Å². The van der Waals surface area contributed by atoms with Gasteiger partial charge in [0.2, 0.25) is 5.43 Å². The summed E-state index contributed by atoms with van der Waals surface area (Å²) in [6, 6.07) is 5.39. The van der Waals surface area contributed by atoms with Crippen LogP contribution in [0.2, 0.25) is 0 Å². The second-order valence-electron chi connectivity index (χ2n) is 6.76. The van der Waals surface area contributed by atoms with E-state index in [1.54, 1.807) is 12.3 Å². The van der Waals surface area contributed by atoms with Crippen molar-refractivity contribution in [3.63, 3.8) is 0 Å². The number of benzene rings is 1. The van der Waals surface area contributed by atoms with Gasteiger partial charge in [-0.3, -0.25) is 9.59 Å². The van der Waals surface area contributed by atoms with Gasteiger partial charge in [-0.2, -0.15) is 0 Å². The zero-order valence-corrected chi connectivity index (χ0v) is 14.2. The summed E-state index contributed by atoms with van der Waals surface area (Å²) in [5.74, 6) is 0.363. The van der Waals surface area contributed by atoms with Gasteiger partial charge in [0.1, 0.15) is 5.56 Å². The lowest BCUT2D eigenvalue weighted by Crippen LogP contribution is -2.32. The van der Waals surface area contributed by atoms with Crippen LogP contribution in [-0.2, 0) is 6.54 Å².